The van der Waals surface area contributed by atoms with Gasteiger partial charge >= 0.3 is 0 Å². The van der Waals surface area contributed by atoms with E-state index in [1.807, 2.05) is 44.6 Å². The molecule has 2 heterocycles. The number of hydrogen-bond acceptors (Lipinski definition) is 2. The molecule has 3 atom stereocenters. The first-order valence-electron chi connectivity index (χ1n) is 7.38. The first-order valence-corrected chi connectivity index (χ1v) is 7.38. The minimum absolute atomic E-state index is 0.675. The Bertz CT molecular complexity index is 282. The van der Waals surface area contributed by atoms with E-state index in [9.17, 15) is 0 Å². The minimum Gasteiger partial charge on any atom is -0.301 e. The molecule has 3 heteroatoms. The van der Waals surface area contributed by atoms with Crippen molar-refractivity contribution < 1.29 is 0 Å². The predicted octanol–water partition coefficient (Wildman–Crippen LogP) is 3.66. The second kappa shape index (κ2) is 9.15. The van der Waals surface area contributed by atoms with Gasteiger partial charge in [0.2, 0.25) is 0 Å². The Labute approximate surface area is 113 Å². The van der Waals surface area contributed by atoms with Gasteiger partial charge < -0.3 is 4.90 Å². The molecule has 0 N–H and O–H groups in total. The van der Waals surface area contributed by atoms with Crippen LogP contribution in [0.2, 0.25) is 0 Å². The monoisotopic (exact) mass is 253 g/mol. The van der Waals surface area contributed by atoms with Gasteiger partial charge in [-0.05, 0) is 39.3 Å². The van der Waals surface area contributed by atoms with Crippen molar-refractivity contribution in [2.45, 2.75) is 66.6 Å². The Morgan fingerprint density at radius 3 is 2.17 bits per heavy atom. The summed E-state index contributed by atoms with van der Waals surface area (Å²) in [7, 11) is 2.22. The van der Waals surface area contributed by atoms with Crippen LogP contribution in [0.25, 0.3) is 0 Å². The number of nitrogens with zero attached hydrogens (tertiary/aromatic N) is 3. The van der Waals surface area contributed by atoms with Crippen molar-refractivity contribution in [3.63, 3.8) is 0 Å². The Hall–Kier alpha value is -0.830. The summed E-state index contributed by atoms with van der Waals surface area (Å²) in [6.45, 7) is 13.7. The molecule has 1 saturated heterocycles. The highest BCUT2D eigenvalue weighted by Gasteiger charge is 2.33. The summed E-state index contributed by atoms with van der Waals surface area (Å²) in [4.78, 5) is 2.47. The van der Waals surface area contributed by atoms with Crippen LogP contribution in [0.4, 0.5) is 0 Å². The van der Waals surface area contributed by atoms with Crippen LogP contribution in [0, 0.1) is 5.92 Å². The smallest absolute Gasteiger partial charge is 0.0489 e. The van der Waals surface area contributed by atoms with Crippen molar-refractivity contribution in [1.29, 1.82) is 0 Å². The number of hydrogen-bond donors (Lipinski definition) is 0. The second-order valence-corrected chi connectivity index (χ2v) is 4.48. The first kappa shape index (κ1) is 17.2. The van der Waals surface area contributed by atoms with E-state index >= 15 is 0 Å². The van der Waals surface area contributed by atoms with Gasteiger partial charge in [-0.25, -0.2) is 0 Å². The van der Waals surface area contributed by atoms with E-state index in [1.54, 1.807) is 0 Å². The van der Waals surface area contributed by atoms with Crippen molar-refractivity contribution in [2.75, 3.05) is 7.05 Å². The Morgan fingerprint density at radius 1 is 1.17 bits per heavy atom. The number of likely N-dealkylation sites (tertiary alicyclic amines) is 1. The molecule has 1 fully saturated rings. The van der Waals surface area contributed by atoms with Gasteiger partial charge in [-0.3, -0.25) is 4.68 Å². The fraction of sp³-hybridized carbons (Fsp3) is 0.800. The van der Waals surface area contributed by atoms with E-state index in [2.05, 4.69) is 37.1 Å². The summed E-state index contributed by atoms with van der Waals surface area (Å²) in [5, 5.41) is 4.26. The fourth-order valence-electron chi connectivity index (χ4n) is 2.41. The average molecular weight is 253 g/mol. The molecule has 0 aliphatic carbocycles. The van der Waals surface area contributed by atoms with Crippen LogP contribution in [-0.4, -0.2) is 33.8 Å². The standard InChI is InChI=1S/C11H19N3.2C2H6/c1-9-7-11(10(2)13(9)3)8-14-6-4-5-12-14;2*1-2/h4-6,9-11H,7-8H2,1-3H3;2*1-2H3/t9?,10-,11?;;/m1../s1. The summed E-state index contributed by atoms with van der Waals surface area (Å²) in [5.41, 5.74) is 0. The maximum absolute atomic E-state index is 4.26. The van der Waals surface area contributed by atoms with E-state index in [0.717, 1.165) is 12.5 Å². The molecule has 3 nitrogen and oxygen atoms in total. The first-order chi connectivity index (χ1) is 8.68. The van der Waals surface area contributed by atoms with Gasteiger partial charge in [0, 0.05) is 31.0 Å². The Balaban J connectivity index is 0.000000659. The molecule has 0 bridgehead atoms. The number of aromatic nitrogens is 2. The SMILES string of the molecule is CC.CC.CC1CC(Cn2cccn2)[C@@H](C)N1C. The van der Waals surface area contributed by atoms with Crippen LogP contribution in [0.15, 0.2) is 18.5 Å². The van der Waals surface area contributed by atoms with Gasteiger partial charge in [0.15, 0.2) is 0 Å². The molecule has 0 aromatic carbocycles. The largest absolute Gasteiger partial charge is 0.301 e. The summed E-state index contributed by atoms with van der Waals surface area (Å²) in [6.07, 6.45) is 5.19. The van der Waals surface area contributed by atoms with Crippen LogP contribution >= 0.6 is 0 Å². The summed E-state index contributed by atoms with van der Waals surface area (Å²) in [5.74, 6) is 0.745. The molecular formula is C15H31N3. The van der Waals surface area contributed by atoms with Crippen molar-refractivity contribution in [3.8, 4) is 0 Å². The van der Waals surface area contributed by atoms with Crippen molar-refractivity contribution >= 4 is 0 Å². The van der Waals surface area contributed by atoms with Gasteiger partial charge in [-0.1, -0.05) is 27.7 Å². The quantitative estimate of drug-likeness (QED) is 0.802. The lowest BCUT2D eigenvalue weighted by Gasteiger charge is -2.22. The Morgan fingerprint density at radius 2 is 1.78 bits per heavy atom. The maximum atomic E-state index is 4.26. The zero-order chi connectivity index (χ0) is 14.1. The maximum Gasteiger partial charge on any atom is 0.0489 e. The molecule has 2 unspecified atom stereocenters. The topological polar surface area (TPSA) is 21.1 Å². The second-order valence-electron chi connectivity index (χ2n) is 4.48. The number of rotatable bonds is 2. The van der Waals surface area contributed by atoms with Crippen molar-refractivity contribution in [2.24, 2.45) is 5.92 Å². The Kier molecular flexibility index (Phi) is 8.73. The highest BCUT2D eigenvalue weighted by atomic mass is 15.3. The lowest BCUT2D eigenvalue weighted by atomic mass is 10.0. The van der Waals surface area contributed by atoms with Gasteiger partial charge in [0.05, 0.1) is 0 Å². The van der Waals surface area contributed by atoms with Crippen LogP contribution in [0.1, 0.15) is 48.0 Å². The fourth-order valence-corrected chi connectivity index (χ4v) is 2.41. The molecule has 18 heavy (non-hydrogen) atoms. The van der Waals surface area contributed by atoms with Gasteiger partial charge in [-0.15, -0.1) is 0 Å². The molecule has 106 valence electrons. The third-order valence-electron chi connectivity index (χ3n) is 3.64. The van der Waals surface area contributed by atoms with Gasteiger partial charge in [0.1, 0.15) is 0 Å². The molecule has 1 aromatic heterocycles. The van der Waals surface area contributed by atoms with E-state index in [-0.39, 0.29) is 0 Å². The van der Waals surface area contributed by atoms with Gasteiger partial charge in [-0.2, -0.15) is 5.10 Å². The molecule has 1 aliphatic heterocycles. The molecule has 0 spiro atoms. The van der Waals surface area contributed by atoms with Crippen LogP contribution in [-0.2, 0) is 6.54 Å². The normalized spacial score (nSPS) is 26.9. The lowest BCUT2D eigenvalue weighted by molar-refractivity contribution is 0.240. The third-order valence-corrected chi connectivity index (χ3v) is 3.64. The zero-order valence-corrected chi connectivity index (χ0v) is 13.2. The van der Waals surface area contributed by atoms with Crippen molar-refractivity contribution in [1.82, 2.24) is 14.7 Å². The molecule has 0 amide bonds. The molecule has 0 radical (unpaired) electrons. The van der Waals surface area contributed by atoms with Crippen molar-refractivity contribution in [3.05, 3.63) is 18.5 Å². The van der Waals surface area contributed by atoms with Gasteiger partial charge in [0.25, 0.3) is 0 Å². The lowest BCUT2D eigenvalue weighted by Crippen LogP contribution is -2.31. The van der Waals surface area contributed by atoms with E-state index < -0.39 is 0 Å². The highest BCUT2D eigenvalue weighted by molar-refractivity contribution is 4.88. The third kappa shape index (κ3) is 4.45. The van der Waals surface area contributed by atoms with E-state index in [0.29, 0.717) is 12.1 Å². The summed E-state index contributed by atoms with van der Waals surface area (Å²) < 4.78 is 2.05. The minimum atomic E-state index is 0.675. The van der Waals surface area contributed by atoms with Crippen LogP contribution in [0.3, 0.4) is 0 Å². The molecule has 0 saturated carbocycles. The predicted molar refractivity (Wildman–Crippen MR) is 79.7 cm³/mol. The molecule has 2 rings (SSSR count). The zero-order valence-electron chi connectivity index (χ0n) is 13.2. The molecular weight excluding hydrogens is 222 g/mol. The van der Waals surface area contributed by atoms with Crippen LogP contribution in [0.5, 0.6) is 0 Å². The molecule has 1 aliphatic rings. The highest BCUT2D eigenvalue weighted by Crippen LogP contribution is 2.28. The van der Waals surface area contributed by atoms with E-state index in [1.165, 1.54) is 6.42 Å². The summed E-state index contributed by atoms with van der Waals surface area (Å²) in [6, 6.07) is 3.38. The van der Waals surface area contributed by atoms with E-state index in [4.69, 9.17) is 0 Å². The summed E-state index contributed by atoms with van der Waals surface area (Å²) >= 11 is 0. The molecule has 1 aromatic rings. The average Bonchev–Trinajstić information content (AvgIpc) is 3.00. The van der Waals surface area contributed by atoms with Crippen LogP contribution < -0.4 is 0 Å².